The maximum absolute atomic E-state index is 15.8. The number of nitrogens with one attached hydrogen (secondary N) is 1. The first kappa shape index (κ1) is 24.3. The van der Waals surface area contributed by atoms with Gasteiger partial charge in [-0.05, 0) is 39.3 Å². The average Bonchev–Trinajstić information content (AvgIpc) is 3.26. The molecule has 2 aromatic heterocycles. The van der Waals surface area contributed by atoms with Crippen LogP contribution in [-0.2, 0) is 13.6 Å². The van der Waals surface area contributed by atoms with Crippen LogP contribution in [0, 0.1) is 19.7 Å². The van der Waals surface area contributed by atoms with Crippen molar-refractivity contribution in [3.05, 3.63) is 58.0 Å². The Morgan fingerprint density at radius 3 is 2.46 bits per heavy atom. The molecule has 0 saturated carbocycles. The molecule has 0 amide bonds. The largest absolute Gasteiger partial charge is 0.480 e. The zero-order valence-corrected chi connectivity index (χ0v) is 19.7. The van der Waals surface area contributed by atoms with Crippen LogP contribution in [0.25, 0.3) is 16.6 Å². The zero-order chi connectivity index (χ0) is 25.7. The fourth-order valence-corrected chi connectivity index (χ4v) is 3.84. The lowest BCUT2D eigenvalue weighted by Crippen LogP contribution is -2.31. The summed E-state index contributed by atoms with van der Waals surface area (Å²) in [5, 5.41) is 11.5. The van der Waals surface area contributed by atoms with E-state index in [-0.39, 0.29) is 28.2 Å². The molecule has 0 aliphatic heterocycles. The first-order valence-electron chi connectivity index (χ1n) is 10.9. The summed E-state index contributed by atoms with van der Waals surface area (Å²) in [6.07, 6.45) is -6.88. The number of alkyl halides is 3. The Balaban J connectivity index is 2.00. The van der Waals surface area contributed by atoms with Gasteiger partial charge < -0.3 is 10.1 Å². The van der Waals surface area contributed by atoms with Gasteiger partial charge in [-0.3, -0.25) is 9.25 Å². The smallest absolute Gasteiger partial charge is 0.425 e. The van der Waals surface area contributed by atoms with Crippen molar-refractivity contribution < 1.29 is 22.3 Å². The predicted molar refractivity (Wildman–Crippen MR) is 123 cm³/mol. The Labute approximate surface area is 197 Å². The van der Waals surface area contributed by atoms with Crippen LogP contribution >= 0.6 is 0 Å². The lowest BCUT2D eigenvalue weighted by atomic mass is 10.1. The van der Waals surface area contributed by atoms with E-state index in [2.05, 4.69) is 15.5 Å². The third-order valence-electron chi connectivity index (χ3n) is 5.75. The number of hydrogen-bond donors (Lipinski definition) is 1. The SMILES string of the molecule is CCn1c(C)nn(-c2cc(OC(C)C(F)(F)F)c3c(Nc4ccccc4C)nn(C)c3c2F)c1=O. The van der Waals surface area contributed by atoms with Crippen molar-refractivity contribution in [3.63, 3.8) is 0 Å². The van der Waals surface area contributed by atoms with Gasteiger partial charge in [0.25, 0.3) is 0 Å². The first-order chi connectivity index (χ1) is 16.4. The number of hydrogen-bond acceptors (Lipinski definition) is 5. The van der Waals surface area contributed by atoms with Crippen molar-refractivity contribution in [1.82, 2.24) is 24.1 Å². The summed E-state index contributed by atoms with van der Waals surface area (Å²) in [4.78, 5) is 12.8. The van der Waals surface area contributed by atoms with E-state index in [4.69, 9.17) is 4.74 Å². The number of halogens is 4. The third-order valence-corrected chi connectivity index (χ3v) is 5.75. The third kappa shape index (κ3) is 4.24. The van der Waals surface area contributed by atoms with Crippen molar-refractivity contribution in [3.8, 4) is 11.4 Å². The van der Waals surface area contributed by atoms with Crippen molar-refractivity contribution in [2.75, 3.05) is 5.32 Å². The monoisotopic (exact) mass is 492 g/mol. The number of para-hydroxylation sites is 1. The Morgan fingerprint density at radius 2 is 1.86 bits per heavy atom. The molecule has 35 heavy (non-hydrogen) atoms. The van der Waals surface area contributed by atoms with Gasteiger partial charge in [0.2, 0.25) is 0 Å². The topological polar surface area (TPSA) is 78.9 Å². The van der Waals surface area contributed by atoms with E-state index < -0.39 is 23.8 Å². The van der Waals surface area contributed by atoms with Crippen molar-refractivity contribution in [2.45, 2.75) is 46.5 Å². The lowest BCUT2D eigenvalue weighted by molar-refractivity contribution is -0.188. The van der Waals surface area contributed by atoms with Gasteiger partial charge in [-0.25, -0.2) is 9.18 Å². The summed E-state index contributed by atoms with van der Waals surface area (Å²) >= 11 is 0. The molecule has 1 N–H and O–H groups in total. The quantitative estimate of drug-likeness (QED) is 0.393. The number of anilines is 2. The van der Waals surface area contributed by atoms with Crippen LogP contribution in [0.2, 0.25) is 0 Å². The number of rotatable bonds is 6. The van der Waals surface area contributed by atoms with Gasteiger partial charge in [-0.2, -0.15) is 28.1 Å². The normalized spacial score (nSPS) is 12.8. The molecule has 4 rings (SSSR count). The summed E-state index contributed by atoms with van der Waals surface area (Å²) in [5.74, 6) is -0.729. The summed E-state index contributed by atoms with van der Waals surface area (Å²) in [6, 6.07) is 8.27. The fraction of sp³-hybridized carbons (Fsp3) is 0.348. The highest BCUT2D eigenvalue weighted by Crippen LogP contribution is 2.40. The van der Waals surface area contributed by atoms with Crippen molar-refractivity contribution in [2.24, 2.45) is 7.05 Å². The molecule has 186 valence electrons. The average molecular weight is 492 g/mol. The van der Waals surface area contributed by atoms with Gasteiger partial charge >= 0.3 is 11.9 Å². The van der Waals surface area contributed by atoms with E-state index in [1.54, 1.807) is 26.0 Å². The molecule has 12 heteroatoms. The number of aryl methyl sites for hydroxylation is 3. The number of ether oxygens (including phenoxy) is 1. The van der Waals surface area contributed by atoms with E-state index in [0.717, 1.165) is 23.2 Å². The number of aromatic nitrogens is 5. The maximum atomic E-state index is 15.8. The van der Waals surface area contributed by atoms with Crippen LogP contribution in [0.1, 0.15) is 25.2 Å². The van der Waals surface area contributed by atoms with Crippen LogP contribution in [0.15, 0.2) is 35.1 Å². The summed E-state index contributed by atoms with van der Waals surface area (Å²) in [7, 11) is 1.45. The molecule has 8 nitrogen and oxygen atoms in total. The number of fused-ring (bicyclic) bond motifs is 1. The highest BCUT2D eigenvalue weighted by atomic mass is 19.4. The van der Waals surface area contributed by atoms with Crippen LogP contribution in [-0.4, -0.2) is 36.4 Å². The molecule has 1 unspecified atom stereocenters. The van der Waals surface area contributed by atoms with Gasteiger partial charge in [-0.1, -0.05) is 18.2 Å². The fourth-order valence-electron chi connectivity index (χ4n) is 3.84. The van der Waals surface area contributed by atoms with Gasteiger partial charge in [-0.15, -0.1) is 0 Å². The standard InChI is InChI=1S/C23H24F4N6O2/c1-6-32-14(4)29-33(22(32)34)16-11-17(35-13(3)23(25,26)27)18-20(19(16)24)31(5)30-21(18)28-15-10-8-7-9-12(15)2/h7-11,13H,6H2,1-5H3,(H,28,30). The molecule has 4 aromatic rings. The lowest BCUT2D eigenvalue weighted by Gasteiger charge is -2.19. The van der Waals surface area contributed by atoms with Gasteiger partial charge in [0.15, 0.2) is 17.7 Å². The Hall–Kier alpha value is -3.83. The molecule has 0 spiro atoms. The Morgan fingerprint density at radius 1 is 1.17 bits per heavy atom. The Bertz CT molecular complexity index is 1470. The molecular formula is C23H24F4N6O2. The second-order valence-corrected chi connectivity index (χ2v) is 8.13. The minimum Gasteiger partial charge on any atom is -0.480 e. The second kappa shape index (κ2) is 8.75. The van der Waals surface area contributed by atoms with Crippen molar-refractivity contribution >= 4 is 22.4 Å². The summed E-state index contributed by atoms with van der Waals surface area (Å²) < 4.78 is 64.7. The first-order valence-corrected chi connectivity index (χ1v) is 10.9. The highest BCUT2D eigenvalue weighted by Gasteiger charge is 2.39. The molecule has 0 fully saturated rings. The van der Waals surface area contributed by atoms with Crippen LogP contribution in [0.3, 0.4) is 0 Å². The van der Waals surface area contributed by atoms with E-state index in [1.165, 1.54) is 16.3 Å². The summed E-state index contributed by atoms with van der Waals surface area (Å²) in [6.45, 7) is 6.29. The number of benzene rings is 2. The van der Waals surface area contributed by atoms with E-state index in [9.17, 15) is 18.0 Å². The minimum atomic E-state index is -4.68. The highest BCUT2D eigenvalue weighted by molar-refractivity contribution is 5.99. The van der Waals surface area contributed by atoms with E-state index in [0.29, 0.717) is 18.1 Å². The number of nitrogens with zero attached hydrogens (tertiary/aromatic N) is 5. The maximum Gasteiger partial charge on any atom is 0.425 e. The predicted octanol–water partition coefficient (Wildman–Crippen LogP) is 4.77. The molecule has 2 aromatic carbocycles. The second-order valence-electron chi connectivity index (χ2n) is 8.13. The summed E-state index contributed by atoms with van der Waals surface area (Å²) in [5.41, 5.74) is 0.381. The van der Waals surface area contributed by atoms with E-state index in [1.807, 2.05) is 19.1 Å². The molecule has 0 bridgehead atoms. The molecular weight excluding hydrogens is 468 g/mol. The van der Waals surface area contributed by atoms with Gasteiger partial charge in [0.1, 0.15) is 22.8 Å². The van der Waals surface area contributed by atoms with Crippen LogP contribution in [0.5, 0.6) is 5.75 Å². The molecule has 0 saturated heterocycles. The minimum absolute atomic E-state index is 0.00722. The molecule has 0 aliphatic carbocycles. The molecule has 2 heterocycles. The molecule has 0 aliphatic rings. The van der Waals surface area contributed by atoms with Gasteiger partial charge in [0.05, 0.1) is 5.39 Å². The van der Waals surface area contributed by atoms with Gasteiger partial charge in [0, 0.05) is 25.3 Å². The van der Waals surface area contributed by atoms with Crippen LogP contribution < -0.4 is 15.7 Å². The van der Waals surface area contributed by atoms with Crippen molar-refractivity contribution in [1.29, 1.82) is 0 Å². The van der Waals surface area contributed by atoms with E-state index >= 15 is 4.39 Å². The molecule has 1 atom stereocenters. The van der Waals surface area contributed by atoms with Crippen LogP contribution in [0.4, 0.5) is 29.1 Å². The Kier molecular flexibility index (Phi) is 6.07. The zero-order valence-electron chi connectivity index (χ0n) is 19.7. The molecule has 0 radical (unpaired) electrons.